The number of nitrogen functional groups attached to an aromatic ring is 1. The Labute approximate surface area is 111 Å². The number of nitrogens with one attached hydrogen (secondary N) is 3. The number of amidine groups is 1. The van der Waals surface area contributed by atoms with E-state index in [1.54, 1.807) is 18.2 Å². The van der Waals surface area contributed by atoms with Crippen LogP contribution in [0.3, 0.4) is 0 Å². The number of hydrogen-bond donors (Lipinski definition) is 4. The highest BCUT2D eigenvalue weighted by Crippen LogP contribution is 2.28. The summed E-state index contributed by atoms with van der Waals surface area (Å²) in [5.41, 5.74) is 6.38. The molecule has 1 aromatic carbocycles. The molecule has 0 atom stereocenters. The predicted molar refractivity (Wildman–Crippen MR) is 73.8 cm³/mol. The van der Waals surface area contributed by atoms with Gasteiger partial charge in [-0.2, -0.15) is 0 Å². The first-order valence-electron chi connectivity index (χ1n) is 6.20. The number of nitrogens with two attached hydrogens (primary N) is 1. The maximum atomic E-state index is 11.9. The fourth-order valence-electron chi connectivity index (χ4n) is 1.94. The van der Waals surface area contributed by atoms with Crippen molar-refractivity contribution in [2.24, 2.45) is 5.73 Å². The highest BCUT2D eigenvalue weighted by molar-refractivity contribution is 6.05. The van der Waals surface area contributed by atoms with Gasteiger partial charge in [0.05, 0.1) is 12.8 Å². The minimum absolute atomic E-state index is 0.113. The van der Waals surface area contributed by atoms with E-state index in [0.29, 0.717) is 17.0 Å². The van der Waals surface area contributed by atoms with Crippen molar-refractivity contribution < 1.29 is 9.53 Å². The molecule has 1 fully saturated rings. The van der Waals surface area contributed by atoms with Crippen LogP contribution in [-0.4, -0.2) is 25.0 Å². The molecule has 1 aliphatic rings. The van der Waals surface area contributed by atoms with Crippen molar-refractivity contribution in [3.05, 3.63) is 23.8 Å². The summed E-state index contributed by atoms with van der Waals surface area (Å²) >= 11 is 0. The van der Waals surface area contributed by atoms with Crippen LogP contribution in [0.4, 0.5) is 10.5 Å². The van der Waals surface area contributed by atoms with Gasteiger partial charge in [0.25, 0.3) is 0 Å². The zero-order valence-corrected chi connectivity index (χ0v) is 10.8. The first-order valence-corrected chi connectivity index (χ1v) is 6.20. The van der Waals surface area contributed by atoms with E-state index in [1.165, 1.54) is 7.11 Å². The monoisotopic (exact) mass is 262 g/mol. The number of methoxy groups -OCH3 is 1. The van der Waals surface area contributed by atoms with E-state index in [2.05, 4.69) is 10.6 Å². The molecular formula is C13H18N4O2. The van der Waals surface area contributed by atoms with Gasteiger partial charge in [0, 0.05) is 11.6 Å². The largest absolute Gasteiger partial charge is 0.495 e. The summed E-state index contributed by atoms with van der Waals surface area (Å²) in [6.45, 7) is 0. The molecule has 0 spiro atoms. The van der Waals surface area contributed by atoms with Crippen LogP contribution in [0.1, 0.15) is 24.8 Å². The van der Waals surface area contributed by atoms with Crippen LogP contribution in [0.15, 0.2) is 18.2 Å². The zero-order chi connectivity index (χ0) is 13.8. The molecule has 1 saturated carbocycles. The van der Waals surface area contributed by atoms with Crippen molar-refractivity contribution in [3.63, 3.8) is 0 Å². The topological polar surface area (TPSA) is 100 Å². The number of carbonyl (C=O) groups excluding carboxylic acids is 1. The molecule has 2 rings (SSSR count). The summed E-state index contributed by atoms with van der Waals surface area (Å²) < 4.78 is 5.19. The molecule has 0 heterocycles. The fourth-order valence-corrected chi connectivity index (χ4v) is 1.94. The van der Waals surface area contributed by atoms with Gasteiger partial charge in [-0.15, -0.1) is 0 Å². The molecule has 1 aromatic rings. The van der Waals surface area contributed by atoms with Crippen molar-refractivity contribution in [1.29, 1.82) is 5.41 Å². The number of benzene rings is 1. The molecule has 0 saturated heterocycles. The number of para-hydroxylation sites is 1. The Balaban J connectivity index is 2.16. The molecule has 0 aromatic heterocycles. The SMILES string of the molecule is COc1cccc(C(=N)N)c1NC(=O)NC1CCC1. The standard InChI is InChI=1S/C13H18N4O2/c1-19-10-7-3-6-9(12(14)15)11(10)17-13(18)16-8-4-2-5-8/h3,6-8H,2,4-5H2,1H3,(H3,14,15)(H2,16,17,18). The lowest BCUT2D eigenvalue weighted by molar-refractivity contribution is 0.240. The molecule has 2 amide bonds. The molecule has 19 heavy (non-hydrogen) atoms. The van der Waals surface area contributed by atoms with E-state index in [4.69, 9.17) is 15.9 Å². The number of urea groups is 1. The smallest absolute Gasteiger partial charge is 0.319 e. The van der Waals surface area contributed by atoms with Crippen molar-refractivity contribution in [3.8, 4) is 5.75 Å². The lowest BCUT2D eigenvalue weighted by Crippen LogP contribution is -2.42. The highest BCUT2D eigenvalue weighted by atomic mass is 16.5. The van der Waals surface area contributed by atoms with Gasteiger partial charge in [0.1, 0.15) is 11.6 Å². The normalized spacial score (nSPS) is 14.4. The molecule has 1 aliphatic carbocycles. The fraction of sp³-hybridized carbons (Fsp3) is 0.385. The Kier molecular flexibility index (Phi) is 3.89. The van der Waals surface area contributed by atoms with E-state index in [-0.39, 0.29) is 17.9 Å². The van der Waals surface area contributed by atoms with Crippen molar-refractivity contribution in [2.45, 2.75) is 25.3 Å². The molecule has 6 nitrogen and oxygen atoms in total. The van der Waals surface area contributed by atoms with E-state index >= 15 is 0 Å². The first-order chi connectivity index (χ1) is 9.11. The van der Waals surface area contributed by atoms with Crippen LogP contribution in [0.5, 0.6) is 5.75 Å². The molecule has 0 unspecified atom stereocenters. The number of anilines is 1. The van der Waals surface area contributed by atoms with E-state index in [0.717, 1.165) is 19.3 Å². The average molecular weight is 262 g/mol. The van der Waals surface area contributed by atoms with Gasteiger partial charge in [-0.25, -0.2) is 4.79 Å². The summed E-state index contributed by atoms with van der Waals surface area (Å²) in [5, 5.41) is 13.1. The molecule has 0 radical (unpaired) electrons. The van der Waals surface area contributed by atoms with Gasteiger partial charge < -0.3 is 21.1 Å². The Bertz CT molecular complexity index is 497. The second-order valence-corrected chi connectivity index (χ2v) is 4.52. The Morgan fingerprint density at radius 2 is 2.21 bits per heavy atom. The highest BCUT2D eigenvalue weighted by Gasteiger charge is 2.21. The summed E-state index contributed by atoms with van der Waals surface area (Å²) in [6.07, 6.45) is 3.18. The van der Waals surface area contributed by atoms with Gasteiger partial charge in [-0.1, -0.05) is 6.07 Å². The Hall–Kier alpha value is -2.24. The van der Waals surface area contributed by atoms with Crippen LogP contribution in [-0.2, 0) is 0 Å². The molecule has 0 bridgehead atoms. The molecule has 5 N–H and O–H groups in total. The van der Waals surface area contributed by atoms with Crippen molar-refractivity contribution in [1.82, 2.24) is 5.32 Å². The van der Waals surface area contributed by atoms with E-state index in [9.17, 15) is 4.79 Å². The summed E-state index contributed by atoms with van der Waals surface area (Å²) in [6, 6.07) is 5.06. The maximum Gasteiger partial charge on any atom is 0.319 e. The zero-order valence-electron chi connectivity index (χ0n) is 10.8. The second-order valence-electron chi connectivity index (χ2n) is 4.52. The Morgan fingerprint density at radius 3 is 2.74 bits per heavy atom. The maximum absolute atomic E-state index is 11.9. The van der Waals surface area contributed by atoms with Gasteiger partial charge in [-0.3, -0.25) is 5.41 Å². The molecular weight excluding hydrogens is 244 g/mol. The van der Waals surface area contributed by atoms with Crippen LogP contribution >= 0.6 is 0 Å². The third-order valence-corrected chi connectivity index (χ3v) is 3.22. The van der Waals surface area contributed by atoms with Crippen LogP contribution < -0.4 is 21.1 Å². The van der Waals surface area contributed by atoms with Crippen LogP contribution in [0.2, 0.25) is 0 Å². The summed E-state index contributed by atoms with van der Waals surface area (Å²) in [5.74, 6) is 0.370. The van der Waals surface area contributed by atoms with E-state index in [1.807, 2.05) is 0 Å². The van der Waals surface area contributed by atoms with Crippen molar-refractivity contribution >= 4 is 17.6 Å². The molecule has 6 heteroatoms. The summed E-state index contributed by atoms with van der Waals surface area (Å²) in [4.78, 5) is 11.9. The van der Waals surface area contributed by atoms with Crippen molar-refractivity contribution in [2.75, 3.05) is 12.4 Å². The predicted octanol–water partition coefficient (Wildman–Crippen LogP) is 1.65. The molecule has 102 valence electrons. The van der Waals surface area contributed by atoms with Gasteiger partial charge in [0.2, 0.25) is 0 Å². The number of carbonyl (C=O) groups is 1. The second kappa shape index (κ2) is 5.60. The number of hydrogen-bond acceptors (Lipinski definition) is 3. The number of ether oxygens (including phenoxy) is 1. The number of amides is 2. The van der Waals surface area contributed by atoms with Gasteiger partial charge in [-0.05, 0) is 31.4 Å². The third kappa shape index (κ3) is 2.96. The minimum atomic E-state index is -0.295. The van der Waals surface area contributed by atoms with Crippen LogP contribution in [0, 0.1) is 5.41 Å². The Morgan fingerprint density at radius 1 is 1.47 bits per heavy atom. The van der Waals surface area contributed by atoms with E-state index < -0.39 is 0 Å². The average Bonchev–Trinajstić information content (AvgIpc) is 2.34. The summed E-state index contributed by atoms with van der Waals surface area (Å²) in [7, 11) is 1.51. The lowest BCUT2D eigenvalue weighted by atomic mass is 9.93. The molecule has 0 aliphatic heterocycles. The van der Waals surface area contributed by atoms with Gasteiger partial charge in [0.15, 0.2) is 0 Å². The lowest BCUT2D eigenvalue weighted by Gasteiger charge is -2.26. The minimum Gasteiger partial charge on any atom is -0.495 e. The third-order valence-electron chi connectivity index (χ3n) is 3.22. The van der Waals surface area contributed by atoms with Crippen LogP contribution in [0.25, 0.3) is 0 Å². The first kappa shape index (κ1) is 13.2. The number of rotatable bonds is 4. The quantitative estimate of drug-likeness (QED) is 0.490. The van der Waals surface area contributed by atoms with Gasteiger partial charge >= 0.3 is 6.03 Å².